The molecule has 1 saturated heterocycles. The molecule has 0 amide bonds. The zero-order chi connectivity index (χ0) is 12.3. The third-order valence-corrected chi connectivity index (χ3v) is 4.12. The van der Waals surface area contributed by atoms with Crippen LogP contribution in [-0.2, 0) is 4.74 Å². The summed E-state index contributed by atoms with van der Waals surface area (Å²) < 4.78 is 5.63. The number of hydrogen-bond donors (Lipinski definition) is 1. The van der Waals surface area contributed by atoms with Crippen LogP contribution in [0.25, 0.3) is 0 Å². The summed E-state index contributed by atoms with van der Waals surface area (Å²) in [5.41, 5.74) is 0.279. The fourth-order valence-electron chi connectivity index (χ4n) is 2.67. The Morgan fingerprint density at radius 3 is 2.71 bits per heavy atom. The topological polar surface area (TPSA) is 24.5 Å². The van der Waals surface area contributed by atoms with Gasteiger partial charge in [-0.25, -0.2) is 0 Å². The monoisotopic (exact) mass is 240 g/mol. The van der Waals surface area contributed by atoms with Crippen LogP contribution in [0.2, 0.25) is 0 Å². The predicted molar refractivity (Wildman–Crippen MR) is 71.3 cm³/mol. The van der Waals surface area contributed by atoms with Gasteiger partial charge in [0.2, 0.25) is 0 Å². The first-order valence-corrected chi connectivity index (χ1v) is 7.19. The number of nitrogens with one attached hydrogen (secondary N) is 1. The molecule has 0 aromatic carbocycles. The second-order valence-electron chi connectivity index (χ2n) is 6.20. The lowest BCUT2D eigenvalue weighted by Gasteiger charge is -2.46. The Morgan fingerprint density at radius 1 is 1.29 bits per heavy atom. The van der Waals surface area contributed by atoms with Crippen LogP contribution in [0.4, 0.5) is 0 Å². The summed E-state index contributed by atoms with van der Waals surface area (Å²) in [6.45, 7) is 12.0. The molecule has 1 N–H and O–H groups in total. The van der Waals surface area contributed by atoms with Crippen molar-refractivity contribution < 1.29 is 4.74 Å². The van der Waals surface area contributed by atoms with Crippen LogP contribution >= 0.6 is 0 Å². The van der Waals surface area contributed by atoms with E-state index in [1.54, 1.807) is 0 Å². The quantitative estimate of drug-likeness (QED) is 0.717. The largest absolute Gasteiger partial charge is 0.380 e. The van der Waals surface area contributed by atoms with Crippen molar-refractivity contribution in [3.8, 4) is 0 Å². The van der Waals surface area contributed by atoms with Crippen molar-refractivity contribution in [2.75, 3.05) is 32.8 Å². The highest BCUT2D eigenvalue weighted by Gasteiger charge is 2.39. The Balaban J connectivity index is 1.78. The Kier molecular flexibility index (Phi) is 4.45. The van der Waals surface area contributed by atoms with E-state index in [1.165, 1.54) is 19.4 Å². The zero-order valence-corrected chi connectivity index (χ0v) is 11.7. The molecule has 1 aliphatic carbocycles. The number of piperazine rings is 1. The molecule has 1 aliphatic heterocycles. The molecule has 3 heteroatoms. The first-order valence-electron chi connectivity index (χ1n) is 7.19. The molecule has 1 saturated carbocycles. The molecule has 0 spiro atoms. The van der Waals surface area contributed by atoms with Crippen molar-refractivity contribution in [1.82, 2.24) is 10.2 Å². The van der Waals surface area contributed by atoms with Gasteiger partial charge in [0.25, 0.3) is 0 Å². The van der Waals surface area contributed by atoms with Gasteiger partial charge in [-0.1, -0.05) is 6.92 Å². The van der Waals surface area contributed by atoms with Crippen molar-refractivity contribution in [2.24, 2.45) is 5.92 Å². The SMILES string of the molecule is CCCOCCN1CC(C2CC2)NCC1(C)C. The van der Waals surface area contributed by atoms with Gasteiger partial charge in [-0.15, -0.1) is 0 Å². The van der Waals surface area contributed by atoms with Crippen LogP contribution in [0, 0.1) is 5.92 Å². The van der Waals surface area contributed by atoms with Gasteiger partial charge in [-0.3, -0.25) is 4.90 Å². The lowest BCUT2D eigenvalue weighted by molar-refractivity contribution is 0.0255. The number of ether oxygens (including phenoxy) is 1. The minimum atomic E-state index is 0.279. The van der Waals surface area contributed by atoms with Crippen LogP contribution in [0.15, 0.2) is 0 Å². The van der Waals surface area contributed by atoms with Crippen LogP contribution in [0.3, 0.4) is 0 Å². The van der Waals surface area contributed by atoms with Gasteiger partial charge in [0.15, 0.2) is 0 Å². The standard InChI is InChI=1S/C14H28N2O/c1-4-8-17-9-7-16-10-13(12-5-6-12)15-11-14(16,2)3/h12-13,15H,4-11H2,1-3H3. The molecule has 100 valence electrons. The second kappa shape index (κ2) is 5.68. The molecule has 1 heterocycles. The van der Waals surface area contributed by atoms with E-state index in [1.807, 2.05) is 0 Å². The predicted octanol–water partition coefficient (Wildman–Crippen LogP) is 1.88. The van der Waals surface area contributed by atoms with E-state index >= 15 is 0 Å². The van der Waals surface area contributed by atoms with Gasteiger partial charge in [-0.05, 0) is 39.0 Å². The van der Waals surface area contributed by atoms with Gasteiger partial charge < -0.3 is 10.1 Å². The van der Waals surface area contributed by atoms with Crippen molar-refractivity contribution in [3.63, 3.8) is 0 Å². The molecule has 1 unspecified atom stereocenters. The summed E-state index contributed by atoms with van der Waals surface area (Å²) in [6.07, 6.45) is 3.98. The van der Waals surface area contributed by atoms with Gasteiger partial charge in [0.05, 0.1) is 6.61 Å². The molecule has 0 aromatic rings. The fourth-order valence-corrected chi connectivity index (χ4v) is 2.67. The van der Waals surface area contributed by atoms with Gasteiger partial charge in [0, 0.05) is 37.8 Å². The summed E-state index contributed by atoms with van der Waals surface area (Å²) in [5.74, 6) is 0.949. The van der Waals surface area contributed by atoms with E-state index < -0.39 is 0 Å². The van der Waals surface area contributed by atoms with Gasteiger partial charge in [-0.2, -0.15) is 0 Å². The Bertz CT molecular complexity index is 238. The highest BCUT2D eigenvalue weighted by Crippen LogP contribution is 2.35. The number of nitrogens with zero attached hydrogens (tertiary/aromatic N) is 1. The Labute approximate surface area is 106 Å². The maximum atomic E-state index is 5.63. The van der Waals surface area contributed by atoms with E-state index in [9.17, 15) is 0 Å². The fraction of sp³-hybridized carbons (Fsp3) is 1.00. The summed E-state index contributed by atoms with van der Waals surface area (Å²) in [4.78, 5) is 2.61. The molecular weight excluding hydrogens is 212 g/mol. The second-order valence-corrected chi connectivity index (χ2v) is 6.20. The highest BCUT2D eigenvalue weighted by atomic mass is 16.5. The van der Waals surface area contributed by atoms with Crippen molar-refractivity contribution in [3.05, 3.63) is 0 Å². The van der Waals surface area contributed by atoms with Crippen LogP contribution in [0.1, 0.15) is 40.0 Å². The summed E-state index contributed by atoms with van der Waals surface area (Å²) in [7, 11) is 0. The van der Waals surface area contributed by atoms with Crippen molar-refractivity contribution in [2.45, 2.75) is 51.6 Å². The Hall–Kier alpha value is -0.120. The van der Waals surface area contributed by atoms with Gasteiger partial charge >= 0.3 is 0 Å². The van der Waals surface area contributed by atoms with Crippen molar-refractivity contribution >= 4 is 0 Å². The van der Waals surface area contributed by atoms with Crippen LogP contribution in [-0.4, -0.2) is 49.3 Å². The molecule has 1 atom stereocenters. The first-order chi connectivity index (χ1) is 8.13. The van der Waals surface area contributed by atoms with Crippen molar-refractivity contribution in [1.29, 1.82) is 0 Å². The number of hydrogen-bond acceptors (Lipinski definition) is 3. The summed E-state index contributed by atoms with van der Waals surface area (Å²) in [5, 5.41) is 3.72. The summed E-state index contributed by atoms with van der Waals surface area (Å²) >= 11 is 0. The normalized spacial score (nSPS) is 29.5. The summed E-state index contributed by atoms with van der Waals surface area (Å²) in [6, 6.07) is 0.731. The van der Waals surface area contributed by atoms with E-state index in [4.69, 9.17) is 4.74 Å². The molecule has 0 radical (unpaired) electrons. The van der Waals surface area contributed by atoms with E-state index in [0.717, 1.165) is 44.7 Å². The van der Waals surface area contributed by atoms with E-state index in [0.29, 0.717) is 0 Å². The first kappa shape index (κ1) is 13.3. The van der Waals surface area contributed by atoms with E-state index in [2.05, 4.69) is 31.0 Å². The molecule has 2 aliphatic rings. The van der Waals surface area contributed by atoms with E-state index in [-0.39, 0.29) is 5.54 Å². The minimum Gasteiger partial charge on any atom is -0.380 e. The maximum Gasteiger partial charge on any atom is 0.0593 e. The van der Waals surface area contributed by atoms with Crippen LogP contribution < -0.4 is 5.32 Å². The third kappa shape index (κ3) is 3.67. The highest BCUT2D eigenvalue weighted by molar-refractivity contribution is 4.98. The average molecular weight is 240 g/mol. The van der Waals surface area contributed by atoms with Crippen LogP contribution in [0.5, 0.6) is 0 Å². The average Bonchev–Trinajstić information content (AvgIpc) is 3.10. The van der Waals surface area contributed by atoms with Gasteiger partial charge in [0.1, 0.15) is 0 Å². The molecule has 2 fully saturated rings. The minimum absolute atomic E-state index is 0.279. The molecule has 0 bridgehead atoms. The molecule has 17 heavy (non-hydrogen) atoms. The molecular formula is C14H28N2O. The smallest absolute Gasteiger partial charge is 0.0593 e. The molecule has 0 aromatic heterocycles. The maximum absolute atomic E-state index is 5.63. The lowest BCUT2D eigenvalue weighted by Crippen LogP contribution is -2.63. The molecule has 3 nitrogen and oxygen atoms in total. The zero-order valence-electron chi connectivity index (χ0n) is 11.7. The third-order valence-electron chi connectivity index (χ3n) is 4.12. The Morgan fingerprint density at radius 2 is 2.06 bits per heavy atom. The number of rotatable bonds is 6. The molecule has 2 rings (SSSR count). The lowest BCUT2D eigenvalue weighted by atomic mass is 9.96.